The maximum absolute atomic E-state index is 12.5. The van der Waals surface area contributed by atoms with Gasteiger partial charge in [0.2, 0.25) is 0 Å². The van der Waals surface area contributed by atoms with Gasteiger partial charge < -0.3 is 19.3 Å². The van der Waals surface area contributed by atoms with Crippen LogP contribution >= 0.6 is 0 Å². The summed E-state index contributed by atoms with van der Waals surface area (Å²) in [4.78, 5) is 19.8. The number of benzene rings is 1. The average Bonchev–Trinajstić information content (AvgIpc) is 3.09. The van der Waals surface area contributed by atoms with Crippen molar-refractivity contribution in [1.82, 2.24) is 4.90 Å². The summed E-state index contributed by atoms with van der Waals surface area (Å²) >= 11 is 0. The Labute approximate surface area is 177 Å². The second-order valence-corrected chi connectivity index (χ2v) is 8.28. The molecule has 0 bridgehead atoms. The van der Waals surface area contributed by atoms with E-state index >= 15 is 0 Å². The highest BCUT2D eigenvalue weighted by molar-refractivity contribution is 6.05. The first kappa shape index (κ1) is 20.9. The molecule has 30 heavy (non-hydrogen) atoms. The van der Waals surface area contributed by atoms with Crippen molar-refractivity contribution in [1.29, 1.82) is 0 Å². The van der Waals surface area contributed by atoms with Gasteiger partial charge in [0.15, 0.2) is 0 Å². The molecule has 2 saturated heterocycles. The SMILES string of the molecule is CCC1CN2CC[C@@]3(O)C(=Nc4cccc(OC)c43)C2CC1C(=COC)C(=O)OC. The van der Waals surface area contributed by atoms with Crippen molar-refractivity contribution in [2.75, 3.05) is 34.4 Å². The summed E-state index contributed by atoms with van der Waals surface area (Å²) in [7, 11) is 4.56. The molecule has 0 radical (unpaired) electrons. The lowest BCUT2D eigenvalue weighted by Gasteiger charge is -2.50. The monoisotopic (exact) mass is 414 g/mol. The summed E-state index contributed by atoms with van der Waals surface area (Å²) in [5.41, 5.74) is 1.70. The van der Waals surface area contributed by atoms with Gasteiger partial charge in [0.25, 0.3) is 0 Å². The molecule has 0 aliphatic carbocycles. The highest BCUT2D eigenvalue weighted by Gasteiger charge is 2.54. The molecule has 0 amide bonds. The van der Waals surface area contributed by atoms with Crippen LogP contribution in [0.3, 0.4) is 0 Å². The molecule has 4 atom stereocenters. The van der Waals surface area contributed by atoms with E-state index in [2.05, 4.69) is 11.8 Å². The number of carbonyl (C=O) groups is 1. The Hall–Kier alpha value is -2.38. The Morgan fingerprint density at radius 2 is 2.17 bits per heavy atom. The summed E-state index contributed by atoms with van der Waals surface area (Å²) < 4.78 is 15.8. The zero-order chi connectivity index (χ0) is 21.5. The Balaban J connectivity index is 1.72. The van der Waals surface area contributed by atoms with Crippen LogP contribution < -0.4 is 4.74 Å². The van der Waals surface area contributed by atoms with Gasteiger partial charge in [0, 0.05) is 13.1 Å². The number of fused-ring (bicyclic) bond motifs is 5. The Kier molecular flexibility index (Phi) is 5.59. The van der Waals surface area contributed by atoms with Crippen LogP contribution in [0.5, 0.6) is 5.75 Å². The lowest BCUT2D eigenvalue weighted by Crippen LogP contribution is -2.60. The smallest absolute Gasteiger partial charge is 0.337 e. The molecule has 7 nitrogen and oxygen atoms in total. The van der Waals surface area contributed by atoms with Gasteiger partial charge in [-0.1, -0.05) is 19.4 Å². The third-order valence-corrected chi connectivity index (χ3v) is 6.92. The van der Waals surface area contributed by atoms with Crippen molar-refractivity contribution in [3.05, 3.63) is 35.6 Å². The van der Waals surface area contributed by atoms with E-state index in [0.29, 0.717) is 30.1 Å². The molecule has 2 fully saturated rings. The van der Waals surface area contributed by atoms with Gasteiger partial charge in [-0.15, -0.1) is 0 Å². The van der Waals surface area contributed by atoms with Crippen molar-refractivity contribution < 1.29 is 24.1 Å². The number of esters is 1. The molecule has 0 saturated carbocycles. The van der Waals surface area contributed by atoms with Gasteiger partial charge in [-0.3, -0.25) is 9.89 Å². The zero-order valence-corrected chi connectivity index (χ0v) is 18.1. The molecular weight excluding hydrogens is 384 g/mol. The average molecular weight is 415 g/mol. The number of carbonyl (C=O) groups excluding carboxylic acids is 1. The number of hydrogen-bond acceptors (Lipinski definition) is 7. The molecule has 3 unspecified atom stereocenters. The number of aliphatic hydroxyl groups is 1. The summed E-state index contributed by atoms with van der Waals surface area (Å²) in [6.07, 6.45) is 3.71. The second-order valence-electron chi connectivity index (χ2n) is 8.28. The number of hydrogen-bond donors (Lipinski definition) is 1. The fraction of sp³-hybridized carbons (Fsp3) is 0.565. The van der Waals surface area contributed by atoms with Crippen molar-refractivity contribution in [3.63, 3.8) is 0 Å². The van der Waals surface area contributed by atoms with Crippen LogP contribution in [0.15, 0.2) is 35.0 Å². The van der Waals surface area contributed by atoms with E-state index in [1.54, 1.807) is 14.2 Å². The quantitative estimate of drug-likeness (QED) is 0.453. The first-order chi connectivity index (χ1) is 14.5. The highest BCUT2D eigenvalue weighted by atomic mass is 16.5. The minimum atomic E-state index is -1.14. The topological polar surface area (TPSA) is 80.6 Å². The van der Waals surface area contributed by atoms with Crippen molar-refractivity contribution in [2.45, 2.75) is 37.8 Å². The fourth-order valence-corrected chi connectivity index (χ4v) is 5.45. The van der Waals surface area contributed by atoms with Crippen LogP contribution in [0.1, 0.15) is 31.7 Å². The number of aliphatic imine (C=N–C) groups is 1. The first-order valence-corrected chi connectivity index (χ1v) is 10.5. The van der Waals surface area contributed by atoms with E-state index in [-0.39, 0.29) is 17.9 Å². The summed E-state index contributed by atoms with van der Waals surface area (Å²) in [5.74, 6) is 0.569. The van der Waals surface area contributed by atoms with E-state index in [4.69, 9.17) is 19.2 Å². The van der Waals surface area contributed by atoms with E-state index in [0.717, 1.165) is 36.5 Å². The summed E-state index contributed by atoms with van der Waals surface area (Å²) in [6, 6.07) is 5.63. The fourth-order valence-electron chi connectivity index (χ4n) is 5.45. The van der Waals surface area contributed by atoms with Crippen LogP contribution in [0.25, 0.3) is 0 Å². The number of piperidine rings is 2. The minimum Gasteiger partial charge on any atom is -0.504 e. The molecule has 1 aromatic rings. The molecule has 1 N–H and O–H groups in total. The normalized spacial score (nSPS) is 30.6. The van der Waals surface area contributed by atoms with Gasteiger partial charge >= 0.3 is 5.97 Å². The minimum absolute atomic E-state index is 0.0284. The van der Waals surface area contributed by atoms with Gasteiger partial charge in [0.1, 0.15) is 11.4 Å². The van der Waals surface area contributed by atoms with Crippen LogP contribution in [0.2, 0.25) is 0 Å². The van der Waals surface area contributed by atoms with Crippen LogP contribution in [-0.4, -0.2) is 62.1 Å². The van der Waals surface area contributed by atoms with Crippen LogP contribution in [0, 0.1) is 11.8 Å². The predicted octanol–water partition coefficient (Wildman–Crippen LogP) is 2.79. The summed E-state index contributed by atoms with van der Waals surface area (Å²) in [6.45, 7) is 3.75. The molecule has 3 heterocycles. The second kappa shape index (κ2) is 8.04. The molecule has 0 aromatic heterocycles. The molecule has 3 aliphatic heterocycles. The molecule has 7 heteroatoms. The lowest BCUT2D eigenvalue weighted by atomic mass is 9.70. The standard InChI is InChI=1S/C23H30N2O5/c1-5-14-12-25-10-9-23(27)20-17(7-6-8-19(20)29-3)24-21(23)18(25)11-15(14)16(13-28-2)22(26)30-4/h6-8,13-15,18,27H,5,9-12H2,1-4H3/t14?,15?,18?,23-/m0/s1. The number of nitrogens with zero attached hydrogens (tertiary/aromatic N) is 2. The van der Waals surface area contributed by atoms with Crippen molar-refractivity contribution >= 4 is 17.4 Å². The third-order valence-electron chi connectivity index (χ3n) is 6.92. The Morgan fingerprint density at radius 3 is 2.83 bits per heavy atom. The molecule has 1 aromatic carbocycles. The maximum atomic E-state index is 12.5. The van der Waals surface area contributed by atoms with Crippen LogP contribution in [0.4, 0.5) is 5.69 Å². The number of methoxy groups -OCH3 is 3. The Morgan fingerprint density at radius 1 is 1.37 bits per heavy atom. The van der Waals surface area contributed by atoms with E-state index < -0.39 is 5.60 Å². The number of rotatable bonds is 5. The largest absolute Gasteiger partial charge is 0.504 e. The first-order valence-electron chi connectivity index (χ1n) is 10.5. The van der Waals surface area contributed by atoms with Crippen molar-refractivity contribution in [2.24, 2.45) is 16.8 Å². The predicted molar refractivity (Wildman–Crippen MR) is 113 cm³/mol. The number of ether oxygens (including phenoxy) is 3. The highest BCUT2D eigenvalue weighted by Crippen LogP contribution is 2.51. The van der Waals surface area contributed by atoms with Gasteiger partial charge in [0.05, 0.1) is 56.2 Å². The Bertz CT molecular complexity index is 896. The molecule has 0 spiro atoms. The van der Waals surface area contributed by atoms with E-state index in [1.807, 2.05) is 18.2 Å². The zero-order valence-electron chi connectivity index (χ0n) is 18.1. The van der Waals surface area contributed by atoms with Crippen molar-refractivity contribution in [3.8, 4) is 5.75 Å². The van der Waals surface area contributed by atoms with Gasteiger partial charge in [-0.25, -0.2) is 4.79 Å². The molecule has 4 rings (SSSR count). The third kappa shape index (κ3) is 3.11. The molecule has 3 aliphatic rings. The maximum Gasteiger partial charge on any atom is 0.337 e. The van der Waals surface area contributed by atoms with Gasteiger partial charge in [-0.05, 0) is 36.8 Å². The van der Waals surface area contributed by atoms with E-state index in [9.17, 15) is 9.90 Å². The van der Waals surface area contributed by atoms with E-state index in [1.165, 1.54) is 13.4 Å². The molecule has 162 valence electrons. The molecular formula is C23H30N2O5. The van der Waals surface area contributed by atoms with Gasteiger partial charge in [-0.2, -0.15) is 0 Å². The summed E-state index contributed by atoms with van der Waals surface area (Å²) in [5, 5.41) is 11.8. The lowest BCUT2D eigenvalue weighted by molar-refractivity contribution is -0.137. The van der Waals surface area contributed by atoms with Crippen LogP contribution in [-0.2, 0) is 19.9 Å².